The summed E-state index contributed by atoms with van der Waals surface area (Å²) < 4.78 is 0. The SMILES string of the molecule is CC(C)(C=N)C=C1C2CC[C@H]1C2. The molecular formula is C11H17N. The van der Waals surface area contributed by atoms with Crippen molar-refractivity contribution < 1.29 is 0 Å². The van der Waals surface area contributed by atoms with E-state index in [1.807, 2.05) is 0 Å². The Morgan fingerprint density at radius 3 is 2.33 bits per heavy atom. The molecule has 3 fully saturated rings. The van der Waals surface area contributed by atoms with Crippen LogP contribution in [0.2, 0.25) is 0 Å². The molecule has 3 rings (SSSR count). The minimum absolute atomic E-state index is 0.00338. The Balaban J connectivity index is 2.15. The summed E-state index contributed by atoms with van der Waals surface area (Å²) >= 11 is 0. The molecule has 1 heteroatoms. The molecule has 0 aromatic rings. The first-order valence-corrected chi connectivity index (χ1v) is 4.87. The Morgan fingerprint density at radius 2 is 1.92 bits per heavy atom. The third-order valence-corrected chi connectivity index (χ3v) is 3.29. The van der Waals surface area contributed by atoms with Gasteiger partial charge in [0, 0.05) is 11.6 Å². The van der Waals surface area contributed by atoms with E-state index in [1.165, 1.54) is 19.3 Å². The van der Waals surface area contributed by atoms with Crippen LogP contribution in [-0.4, -0.2) is 6.21 Å². The van der Waals surface area contributed by atoms with Crippen molar-refractivity contribution in [3.05, 3.63) is 11.6 Å². The van der Waals surface area contributed by atoms with E-state index in [0.29, 0.717) is 0 Å². The summed E-state index contributed by atoms with van der Waals surface area (Å²) in [5.74, 6) is 1.79. The summed E-state index contributed by atoms with van der Waals surface area (Å²) in [5.41, 5.74) is 1.65. The molecule has 1 nitrogen and oxygen atoms in total. The van der Waals surface area contributed by atoms with Gasteiger partial charge in [0.25, 0.3) is 0 Å². The first-order chi connectivity index (χ1) is 5.62. The zero-order valence-electron chi connectivity index (χ0n) is 7.93. The summed E-state index contributed by atoms with van der Waals surface area (Å²) in [6.45, 7) is 4.23. The summed E-state index contributed by atoms with van der Waals surface area (Å²) in [4.78, 5) is 0. The van der Waals surface area contributed by atoms with Gasteiger partial charge in [0.1, 0.15) is 0 Å². The summed E-state index contributed by atoms with van der Waals surface area (Å²) in [5, 5.41) is 7.28. The van der Waals surface area contributed by atoms with Gasteiger partial charge in [-0.3, -0.25) is 0 Å². The lowest BCUT2D eigenvalue weighted by molar-refractivity contribution is 0.432. The number of allylic oxidation sites excluding steroid dienone is 2. The summed E-state index contributed by atoms with van der Waals surface area (Å²) in [6.07, 6.45) is 8.12. The smallest absolute Gasteiger partial charge is 0.0175 e. The molecule has 2 atom stereocenters. The molecule has 0 aliphatic heterocycles. The molecule has 0 radical (unpaired) electrons. The van der Waals surface area contributed by atoms with Crippen LogP contribution in [0.1, 0.15) is 33.1 Å². The standard InChI is InChI=1S/C11H17N/c1-11(2,7-12)6-10-8-3-4-9(10)5-8/h6-9,12H,3-5H2,1-2H3/t8-,9?/m0/s1. The molecule has 12 heavy (non-hydrogen) atoms. The van der Waals surface area contributed by atoms with Gasteiger partial charge in [-0.1, -0.05) is 25.5 Å². The second kappa shape index (κ2) is 2.45. The van der Waals surface area contributed by atoms with Crippen LogP contribution in [0.15, 0.2) is 11.6 Å². The molecule has 3 aliphatic rings. The number of nitrogens with one attached hydrogen (secondary N) is 1. The van der Waals surface area contributed by atoms with Crippen LogP contribution in [0.4, 0.5) is 0 Å². The third kappa shape index (κ3) is 1.12. The lowest BCUT2D eigenvalue weighted by Crippen LogP contribution is -2.21. The molecule has 2 bridgehead atoms. The van der Waals surface area contributed by atoms with E-state index in [9.17, 15) is 0 Å². The number of hydrogen-bond acceptors (Lipinski definition) is 1. The summed E-state index contributed by atoms with van der Waals surface area (Å²) in [6, 6.07) is 0. The van der Waals surface area contributed by atoms with Gasteiger partial charge in [0.15, 0.2) is 0 Å². The quantitative estimate of drug-likeness (QED) is 0.478. The highest BCUT2D eigenvalue weighted by atomic mass is 14.5. The van der Waals surface area contributed by atoms with Crippen LogP contribution < -0.4 is 0 Å². The Labute approximate surface area is 74.4 Å². The van der Waals surface area contributed by atoms with Crippen molar-refractivity contribution in [3.8, 4) is 0 Å². The zero-order chi connectivity index (χ0) is 8.77. The maximum atomic E-state index is 7.28. The van der Waals surface area contributed by atoms with Gasteiger partial charge in [0.2, 0.25) is 0 Å². The van der Waals surface area contributed by atoms with Crippen LogP contribution in [0.25, 0.3) is 0 Å². The van der Waals surface area contributed by atoms with Crippen molar-refractivity contribution in [2.24, 2.45) is 17.3 Å². The summed E-state index contributed by atoms with van der Waals surface area (Å²) in [7, 11) is 0. The van der Waals surface area contributed by atoms with E-state index in [2.05, 4.69) is 19.9 Å². The second-order valence-electron chi connectivity index (χ2n) is 4.82. The largest absolute Gasteiger partial charge is 0.312 e. The van der Waals surface area contributed by atoms with E-state index >= 15 is 0 Å². The molecule has 0 saturated heterocycles. The van der Waals surface area contributed by atoms with Gasteiger partial charge >= 0.3 is 0 Å². The third-order valence-electron chi connectivity index (χ3n) is 3.29. The molecule has 1 N–H and O–H groups in total. The van der Waals surface area contributed by atoms with Crippen LogP contribution >= 0.6 is 0 Å². The Hall–Kier alpha value is -0.590. The lowest BCUT2D eigenvalue weighted by Gasteiger charge is -2.31. The van der Waals surface area contributed by atoms with Crippen molar-refractivity contribution in [1.82, 2.24) is 0 Å². The van der Waals surface area contributed by atoms with Crippen LogP contribution in [0.5, 0.6) is 0 Å². The molecule has 3 saturated carbocycles. The Kier molecular flexibility index (Phi) is 1.64. The maximum Gasteiger partial charge on any atom is 0.0175 e. The minimum atomic E-state index is -0.00338. The predicted molar refractivity (Wildman–Crippen MR) is 51.5 cm³/mol. The van der Waals surface area contributed by atoms with Crippen molar-refractivity contribution >= 4 is 6.21 Å². The van der Waals surface area contributed by atoms with Gasteiger partial charge in [0.05, 0.1) is 0 Å². The first-order valence-electron chi connectivity index (χ1n) is 4.87. The fraction of sp³-hybridized carbons (Fsp3) is 0.727. The number of rotatable bonds is 2. The van der Waals surface area contributed by atoms with Gasteiger partial charge in [-0.2, -0.15) is 0 Å². The van der Waals surface area contributed by atoms with Gasteiger partial charge in [-0.15, -0.1) is 0 Å². The van der Waals surface area contributed by atoms with Gasteiger partial charge in [-0.25, -0.2) is 0 Å². The average molecular weight is 163 g/mol. The second-order valence-corrected chi connectivity index (χ2v) is 4.82. The highest BCUT2D eigenvalue weighted by Gasteiger charge is 2.41. The topological polar surface area (TPSA) is 23.9 Å². The lowest BCUT2D eigenvalue weighted by atomic mass is 9.74. The Bertz CT molecular complexity index is 221. The molecule has 1 unspecified atom stereocenters. The van der Waals surface area contributed by atoms with E-state index in [1.54, 1.807) is 11.8 Å². The number of fused-ring (bicyclic) bond motifs is 1. The van der Waals surface area contributed by atoms with Crippen LogP contribution in [-0.2, 0) is 0 Å². The average Bonchev–Trinajstić information content (AvgIpc) is 2.60. The molecule has 66 valence electrons. The van der Waals surface area contributed by atoms with Crippen molar-refractivity contribution in [3.63, 3.8) is 0 Å². The monoisotopic (exact) mass is 163 g/mol. The molecule has 0 amide bonds. The van der Waals surface area contributed by atoms with Crippen LogP contribution in [0.3, 0.4) is 0 Å². The predicted octanol–water partition coefficient (Wildman–Crippen LogP) is 3.02. The number of hydrogen-bond donors (Lipinski definition) is 1. The normalized spacial score (nSPS) is 36.7. The van der Waals surface area contributed by atoms with Crippen molar-refractivity contribution in [2.75, 3.05) is 0 Å². The molecule has 0 spiro atoms. The highest BCUT2D eigenvalue weighted by molar-refractivity contribution is 5.64. The van der Waals surface area contributed by atoms with Crippen LogP contribution in [0, 0.1) is 22.7 Å². The molecule has 0 aromatic carbocycles. The van der Waals surface area contributed by atoms with E-state index < -0.39 is 0 Å². The highest BCUT2D eigenvalue weighted by Crippen LogP contribution is 2.53. The molecule has 0 heterocycles. The fourth-order valence-corrected chi connectivity index (χ4v) is 2.47. The van der Waals surface area contributed by atoms with Gasteiger partial charge in [-0.05, 0) is 31.1 Å². The molecular weight excluding hydrogens is 146 g/mol. The first kappa shape index (κ1) is 8.03. The van der Waals surface area contributed by atoms with Crippen molar-refractivity contribution in [2.45, 2.75) is 33.1 Å². The van der Waals surface area contributed by atoms with Gasteiger partial charge < -0.3 is 5.41 Å². The minimum Gasteiger partial charge on any atom is -0.312 e. The van der Waals surface area contributed by atoms with E-state index in [-0.39, 0.29) is 5.41 Å². The molecule has 0 aromatic heterocycles. The Morgan fingerprint density at radius 1 is 1.33 bits per heavy atom. The zero-order valence-corrected chi connectivity index (χ0v) is 7.93. The maximum absolute atomic E-state index is 7.28. The molecule has 3 aliphatic carbocycles. The van der Waals surface area contributed by atoms with E-state index in [4.69, 9.17) is 5.41 Å². The fourth-order valence-electron chi connectivity index (χ4n) is 2.47. The van der Waals surface area contributed by atoms with E-state index in [0.717, 1.165) is 11.8 Å². The van der Waals surface area contributed by atoms with Crippen molar-refractivity contribution in [1.29, 1.82) is 5.41 Å².